The first-order valence-corrected chi connectivity index (χ1v) is 9.26. The van der Waals surface area contributed by atoms with Crippen molar-refractivity contribution in [2.75, 3.05) is 13.1 Å². The number of nitrogens with zero attached hydrogens (tertiary/aromatic N) is 5. The summed E-state index contributed by atoms with van der Waals surface area (Å²) in [6, 6.07) is 3.14. The van der Waals surface area contributed by atoms with Crippen LogP contribution in [0.15, 0.2) is 40.0 Å². The first kappa shape index (κ1) is 17.5. The van der Waals surface area contributed by atoms with Crippen LogP contribution < -0.4 is 5.56 Å². The molecule has 1 aliphatic rings. The molecule has 0 bridgehead atoms. The van der Waals surface area contributed by atoms with Crippen LogP contribution in [0.1, 0.15) is 42.9 Å². The Kier molecular flexibility index (Phi) is 5.06. The largest absolute Gasteiger partial charge is 0.334 e. The monoisotopic (exact) mass is 366 g/mol. The third kappa shape index (κ3) is 4.11. The number of pyridine rings is 1. The quantitative estimate of drug-likeness (QED) is 0.738. The molecule has 0 aliphatic carbocycles. The summed E-state index contributed by atoms with van der Waals surface area (Å²) < 4.78 is 5.37. The molecule has 1 N–H and O–H groups in total. The molecule has 8 nitrogen and oxygen atoms in total. The van der Waals surface area contributed by atoms with Crippen LogP contribution in [0.2, 0.25) is 0 Å². The Hall–Kier alpha value is -2.87. The summed E-state index contributed by atoms with van der Waals surface area (Å²) >= 11 is 0. The normalized spacial score (nSPS) is 15.9. The van der Waals surface area contributed by atoms with E-state index in [9.17, 15) is 4.79 Å². The lowest BCUT2D eigenvalue weighted by atomic mass is 9.96. The minimum Gasteiger partial charge on any atom is -0.334 e. The molecular formula is C19H22N6O2. The highest BCUT2D eigenvalue weighted by Gasteiger charge is 2.25. The first-order valence-electron chi connectivity index (χ1n) is 9.26. The number of hydrogen-bond donors (Lipinski definition) is 1. The van der Waals surface area contributed by atoms with Crippen molar-refractivity contribution in [1.82, 2.24) is 30.0 Å². The molecule has 1 saturated heterocycles. The number of aromatic amines is 1. The topological polar surface area (TPSA) is 101 Å². The molecule has 0 aromatic carbocycles. The van der Waals surface area contributed by atoms with Gasteiger partial charge in [-0.1, -0.05) is 12.1 Å². The van der Waals surface area contributed by atoms with Gasteiger partial charge in [-0.05, 0) is 32.0 Å². The van der Waals surface area contributed by atoms with Gasteiger partial charge in [-0.15, -0.1) is 0 Å². The van der Waals surface area contributed by atoms with E-state index < -0.39 is 0 Å². The zero-order valence-corrected chi connectivity index (χ0v) is 15.3. The smallest absolute Gasteiger partial charge is 0.259 e. The Morgan fingerprint density at radius 2 is 2.00 bits per heavy atom. The van der Waals surface area contributed by atoms with Crippen LogP contribution in [0.25, 0.3) is 11.5 Å². The van der Waals surface area contributed by atoms with Gasteiger partial charge in [0.2, 0.25) is 5.56 Å². The molecule has 1 aliphatic heterocycles. The third-order valence-corrected chi connectivity index (χ3v) is 4.91. The average molecular weight is 366 g/mol. The van der Waals surface area contributed by atoms with Gasteiger partial charge in [-0.2, -0.15) is 4.98 Å². The Bertz CT molecular complexity index is 921. The molecule has 0 amide bonds. The van der Waals surface area contributed by atoms with Crippen LogP contribution in [0.5, 0.6) is 0 Å². The van der Waals surface area contributed by atoms with Crippen LogP contribution in [-0.2, 0) is 13.0 Å². The summed E-state index contributed by atoms with van der Waals surface area (Å²) in [5.41, 5.74) is 1.72. The van der Waals surface area contributed by atoms with E-state index in [4.69, 9.17) is 4.52 Å². The van der Waals surface area contributed by atoms with E-state index in [1.165, 1.54) is 6.07 Å². The van der Waals surface area contributed by atoms with Crippen molar-refractivity contribution in [3.8, 4) is 11.5 Å². The van der Waals surface area contributed by atoms with E-state index in [2.05, 4.69) is 36.9 Å². The molecule has 4 heterocycles. The Labute approximate surface area is 156 Å². The lowest BCUT2D eigenvalue weighted by molar-refractivity contribution is 0.200. The van der Waals surface area contributed by atoms with Crippen molar-refractivity contribution in [1.29, 1.82) is 0 Å². The second-order valence-electron chi connectivity index (χ2n) is 6.81. The van der Waals surface area contributed by atoms with Crippen LogP contribution in [0, 0.1) is 0 Å². The molecule has 0 spiro atoms. The summed E-state index contributed by atoms with van der Waals surface area (Å²) in [6.45, 7) is 4.87. The number of hydrogen-bond acceptors (Lipinski definition) is 7. The van der Waals surface area contributed by atoms with Crippen LogP contribution in [0.4, 0.5) is 0 Å². The van der Waals surface area contributed by atoms with Gasteiger partial charge in [-0.3, -0.25) is 9.69 Å². The molecular weight excluding hydrogens is 344 g/mol. The molecule has 27 heavy (non-hydrogen) atoms. The first-order chi connectivity index (χ1) is 13.2. The van der Waals surface area contributed by atoms with Gasteiger partial charge in [-0.25, -0.2) is 9.97 Å². The Morgan fingerprint density at radius 1 is 1.22 bits per heavy atom. The highest BCUT2D eigenvalue weighted by molar-refractivity contribution is 5.50. The predicted molar refractivity (Wildman–Crippen MR) is 99.0 cm³/mol. The van der Waals surface area contributed by atoms with E-state index in [0.29, 0.717) is 11.8 Å². The zero-order chi connectivity index (χ0) is 18.6. The molecule has 3 aromatic heterocycles. The van der Waals surface area contributed by atoms with Gasteiger partial charge in [0.25, 0.3) is 5.89 Å². The molecule has 0 atom stereocenters. The number of H-pyrrole nitrogens is 1. The number of piperidine rings is 1. The summed E-state index contributed by atoms with van der Waals surface area (Å²) in [5.74, 6) is 2.36. The molecule has 3 aromatic rings. The Morgan fingerprint density at radius 3 is 2.67 bits per heavy atom. The third-order valence-electron chi connectivity index (χ3n) is 4.91. The van der Waals surface area contributed by atoms with Gasteiger partial charge in [0.1, 0.15) is 5.82 Å². The molecule has 140 valence electrons. The van der Waals surface area contributed by atoms with Crippen molar-refractivity contribution in [3.05, 3.63) is 58.3 Å². The molecule has 8 heteroatoms. The van der Waals surface area contributed by atoms with Crippen molar-refractivity contribution < 1.29 is 4.52 Å². The maximum atomic E-state index is 11.2. The predicted octanol–water partition coefficient (Wildman–Crippen LogP) is 2.16. The van der Waals surface area contributed by atoms with Gasteiger partial charge in [0, 0.05) is 49.1 Å². The highest BCUT2D eigenvalue weighted by Crippen LogP contribution is 2.28. The molecule has 4 rings (SSSR count). The number of rotatable bonds is 5. The van der Waals surface area contributed by atoms with Crippen LogP contribution in [-0.4, -0.2) is 43.1 Å². The summed E-state index contributed by atoms with van der Waals surface area (Å²) in [6.07, 6.45) is 8.27. The SMILES string of the molecule is CCc1ncc(CN2CCC(c3noc(-c4ccc(=O)[nH]c4)n3)CC2)cn1. The average Bonchev–Trinajstić information content (AvgIpc) is 3.20. The van der Waals surface area contributed by atoms with Gasteiger partial charge >= 0.3 is 0 Å². The standard InChI is InChI=1S/C19H22N6O2/c1-2-16-20-9-13(10-21-16)12-25-7-5-14(6-8-25)18-23-19(27-24-18)15-3-4-17(26)22-11-15/h3-4,9-11,14H,2,5-8,12H2,1H3,(H,22,26). The van der Waals surface area contributed by atoms with E-state index in [-0.39, 0.29) is 5.56 Å². The van der Waals surface area contributed by atoms with E-state index in [1.807, 2.05) is 12.4 Å². The van der Waals surface area contributed by atoms with Gasteiger partial charge in [0.05, 0.1) is 5.56 Å². The lowest BCUT2D eigenvalue weighted by Crippen LogP contribution is -2.32. The van der Waals surface area contributed by atoms with Crippen LogP contribution >= 0.6 is 0 Å². The molecule has 0 saturated carbocycles. The summed E-state index contributed by atoms with van der Waals surface area (Å²) in [5, 5.41) is 4.15. The van der Waals surface area contributed by atoms with Crippen molar-refractivity contribution >= 4 is 0 Å². The fourth-order valence-electron chi connectivity index (χ4n) is 3.31. The van der Waals surface area contributed by atoms with Crippen molar-refractivity contribution in [2.24, 2.45) is 0 Å². The second-order valence-corrected chi connectivity index (χ2v) is 6.81. The van der Waals surface area contributed by atoms with Crippen molar-refractivity contribution in [3.63, 3.8) is 0 Å². The Balaban J connectivity index is 1.35. The summed E-state index contributed by atoms with van der Waals surface area (Å²) in [7, 11) is 0. The van der Waals surface area contributed by atoms with E-state index in [1.54, 1.807) is 12.3 Å². The minimum absolute atomic E-state index is 0.152. The number of nitrogens with one attached hydrogen (secondary N) is 1. The fourth-order valence-corrected chi connectivity index (χ4v) is 3.31. The second kappa shape index (κ2) is 7.79. The van der Waals surface area contributed by atoms with Gasteiger partial charge < -0.3 is 9.51 Å². The summed E-state index contributed by atoms with van der Waals surface area (Å²) in [4.78, 5) is 29.5. The fraction of sp³-hybridized carbons (Fsp3) is 0.421. The maximum absolute atomic E-state index is 11.2. The van der Waals surface area contributed by atoms with E-state index in [0.717, 1.165) is 61.7 Å². The van der Waals surface area contributed by atoms with E-state index >= 15 is 0 Å². The highest BCUT2D eigenvalue weighted by atomic mass is 16.5. The molecule has 1 fully saturated rings. The lowest BCUT2D eigenvalue weighted by Gasteiger charge is -2.30. The van der Waals surface area contributed by atoms with Gasteiger partial charge in [0.15, 0.2) is 5.82 Å². The molecule has 0 unspecified atom stereocenters. The number of aromatic nitrogens is 5. The number of likely N-dealkylation sites (tertiary alicyclic amines) is 1. The zero-order valence-electron chi connectivity index (χ0n) is 15.3. The number of aryl methyl sites for hydroxylation is 1. The molecule has 0 radical (unpaired) electrons. The van der Waals surface area contributed by atoms with Crippen LogP contribution in [0.3, 0.4) is 0 Å². The van der Waals surface area contributed by atoms with Crippen molar-refractivity contribution in [2.45, 2.75) is 38.6 Å². The maximum Gasteiger partial charge on any atom is 0.259 e. The minimum atomic E-state index is -0.152.